The second kappa shape index (κ2) is 5.26. The van der Waals surface area contributed by atoms with E-state index >= 15 is 0 Å². The number of hydrogen-bond donors (Lipinski definition) is 0. The van der Waals surface area contributed by atoms with E-state index in [-0.39, 0.29) is 0 Å². The standard InChI is InChI=1S/C17H14O5/c18-17(21-13-5-1-3-11-7-9-19-15(11)13)22-14-6-2-4-12-8-10-20-16(12)14/h1-6H,7-10H2. The third kappa shape index (κ3) is 2.24. The lowest BCUT2D eigenvalue weighted by atomic mass is 10.1. The lowest BCUT2D eigenvalue weighted by molar-refractivity contribution is 0.148. The molecule has 22 heavy (non-hydrogen) atoms. The van der Waals surface area contributed by atoms with Gasteiger partial charge in [-0.05, 0) is 12.1 Å². The number of rotatable bonds is 2. The Hall–Kier alpha value is -2.69. The van der Waals surface area contributed by atoms with Crippen LogP contribution in [-0.2, 0) is 12.8 Å². The minimum atomic E-state index is -0.798. The van der Waals surface area contributed by atoms with Crippen molar-refractivity contribution < 1.29 is 23.7 Å². The molecule has 112 valence electrons. The summed E-state index contributed by atoms with van der Waals surface area (Å²) in [7, 11) is 0. The van der Waals surface area contributed by atoms with Gasteiger partial charge in [-0.15, -0.1) is 0 Å². The fourth-order valence-corrected chi connectivity index (χ4v) is 2.73. The van der Waals surface area contributed by atoms with Gasteiger partial charge >= 0.3 is 6.16 Å². The molecule has 0 bridgehead atoms. The van der Waals surface area contributed by atoms with E-state index in [0.29, 0.717) is 36.2 Å². The number of hydrogen-bond acceptors (Lipinski definition) is 5. The number of carbonyl (C=O) groups is 1. The Labute approximate surface area is 127 Å². The molecule has 5 nitrogen and oxygen atoms in total. The highest BCUT2D eigenvalue weighted by Gasteiger charge is 2.22. The van der Waals surface area contributed by atoms with E-state index in [4.69, 9.17) is 18.9 Å². The maximum Gasteiger partial charge on any atom is 0.519 e. The van der Waals surface area contributed by atoms with Crippen molar-refractivity contribution in [3.63, 3.8) is 0 Å². The van der Waals surface area contributed by atoms with Crippen LogP contribution in [0.15, 0.2) is 36.4 Å². The van der Waals surface area contributed by atoms with Gasteiger partial charge in [0.25, 0.3) is 0 Å². The van der Waals surface area contributed by atoms with Crippen LogP contribution in [-0.4, -0.2) is 19.4 Å². The summed E-state index contributed by atoms with van der Waals surface area (Å²) in [5, 5.41) is 0. The predicted octanol–water partition coefficient (Wildman–Crippen LogP) is 3.13. The molecule has 4 rings (SSSR count). The van der Waals surface area contributed by atoms with Crippen molar-refractivity contribution in [3.05, 3.63) is 47.5 Å². The lowest BCUT2D eigenvalue weighted by Gasteiger charge is -2.10. The van der Waals surface area contributed by atoms with Crippen LogP contribution in [0, 0.1) is 0 Å². The fraction of sp³-hybridized carbons (Fsp3) is 0.235. The average Bonchev–Trinajstić information content (AvgIpc) is 3.16. The Bertz CT molecular complexity index is 676. The molecular formula is C17H14O5. The molecule has 0 amide bonds. The second-order valence-electron chi connectivity index (χ2n) is 5.14. The number of carbonyl (C=O) groups excluding carboxylic acids is 1. The first-order chi connectivity index (χ1) is 10.8. The molecule has 0 unspecified atom stereocenters. The Morgan fingerprint density at radius 3 is 1.82 bits per heavy atom. The molecule has 2 heterocycles. The van der Waals surface area contributed by atoms with Crippen LogP contribution in [0.25, 0.3) is 0 Å². The molecule has 0 N–H and O–H groups in total. The average molecular weight is 298 g/mol. The highest BCUT2D eigenvalue weighted by Crippen LogP contribution is 2.37. The van der Waals surface area contributed by atoms with Crippen LogP contribution in [0.1, 0.15) is 11.1 Å². The molecule has 2 aliphatic rings. The molecule has 0 saturated carbocycles. The lowest BCUT2D eigenvalue weighted by Crippen LogP contribution is -2.14. The second-order valence-corrected chi connectivity index (χ2v) is 5.14. The Balaban J connectivity index is 1.52. The van der Waals surface area contributed by atoms with Crippen molar-refractivity contribution in [2.45, 2.75) is 12.8 Å². The fourth-order valence-electron chi connectivity index (χ4n) is 2.73. The maximum atomic E-state index is 12.0. The summed E-state index contributed by atoms with van der Waals surface area (Å²) in [6, 6.07) is 11.0. The number of fused-ring (bicyclic) bond motifs is 2. The molecule has 0 fully saturated rings. The summed E-state index contributed by atoms with van der Waals surface area (Å²) in [5.41, 5.74) is 2.07. The zero-order valence-electron chi connectivity index (χ0n) is 11.8. The van der Waals surface area contributed by atoms with Crippen LogP contribution < -0.4 is 18.9 Å². The van der Waals surface area contributed by atoms with Crippen LogP contribution in [0.3, 0.4) is 0 Å². The zero-order chi connectivity index (χ0) is 14.9. The summed E-state index contributed by atoms with van der Waals surface area (Å²) >= 11 is 0. The first-order valence-electron chi connectivity index (χ1n) is 7.20. The normalized spacial score (nSPS) is 14.5. The van der Waals surface area contributed by atoms with Crippen LogP contribution >= 0.6 is 0 Å². The predicted molar refractivity (Wildman–Crippen MR) is 77.9 cm³/mol. The van der Waals surface area contributed by atoms with E-state index in [1.165, 1.54) is 0 Å². The van der Waals surface area contributed by atoms with Gasteiger partial charge in [-0.1, -0.05) is 24.3 Å². The molecule has 5 heteroatoms. The van der Waals surface area contributed by atoms with Crippen molar-refractivity contribution in [2.75, 3.05) is 13.2 Å². The van der Waals surface area contributed by atoms with E-state index in [2.05, 4.69) is 0 Å². The van der Waals surface area contributed by atoms with E-state index in [0.717, 1.165) is 24.0 Å². The third-order valence-electron chi connectivity index (χ3n) is 3.74. The summed E-state index contributed by atoms with van der Waals surface area (Å²) in [5.74, 6) is 2.00. The van der Waals surface area contributed by atoms with Gasteiger partial charge in [0, 0.05) is 24.0 Å². The van der Waals surface area contributed by atoms with Gasteiger partial charge in [0.15, 0.2) is 23.0 Å². The van der Waals surface area contributed by atoms with Crippen molar-refractivity contribution in [3.8, 4) is 23.0 Å². The summed E-state index contributed by atoms with van der Waals surface area (Å²) in [4.78, 5) is 12.0. The SMILES string of the molecule is O=C(Oc1cccc2c1OCC2)Oc1cccc2c1OCC2. The molecule has 0 radical (unpaired) electrons. The first-order valence-corrected chi connectivity index (χ1v) is 7.20. The molecule has 2 aromatic rings. The molecule has 2 aliphatic heterocycles. The number of ether oxygens (including phenoxy) is 4. The third-order valence-corrected chi connectivity index (χ3v) is 3.74. The van der Waals surface area contributed by atoms with E-state index in [9.17, 15) is 4.79 Å². The molecule has 2 aromatic carbocycles. The minimum absolute atomic E-state index is 0.383. The Kier molecular flexibility index (Phi) is 3.11. The van der Waals surface area contributed by atoms with Gasteiger partial charge in [0.2, 0.25) is 0 Å². The molecular weight excluding hydrogens is 284 g/mol. The Morgan fingerprint density at radius 2 is 1.32 bits per heavy atom. The topological polar surface area (TPSA) is 54.0 Å². The molecule has 0 aromatic heterocycles. The number of para-hydroxylation sites is 2. The van der Waals surface area contributed by atoms with Crippen molar-refractivity contribution in [1.29, 1.82) is 0 Å². The first kappa shape index (κ1) is 13.0. The van der Waals surface area contributed by atoms with Crippen molar-refractivity contribution in [2.24, 2.45) is 0 Å². The van der Waals surface area contributed by atoms with Gasteiger partial charge in [-0.25, -0.2) is 4.79 Å². The van der Waals surface area contributed by atoms with Gasteiger partial charge in [0.05, 0.1) is 13.2 Å². The number of benzene rings is 2. The monoisotopic (exact) mass is 298 g/mol. The van der Waals surface area contributed by atoms with E-state index < -0.39 is 6.16 Å². The summed E-state index contributed by atoms with van der Waals surface area (Å²) < 4.78 is 21.6. The van der Waals surface area contributed by atoms with E-state index in [1.54, 1.807) is 12.1 Å². The van der Waals surface area contributed by atoms with Gasteiger partial charge in [-0.3, -0.25) is 0 Å². The Morgan fingerprint density at radius 1 is 0.818 bits per heavy atom. The summed E-state index contributed by atoms with van der Waals surface area (Å²) in [6.45, 7) is 1.20. The van der Waals surface area contributed by atoms with Crippen molar-refractivity contribution >= 4 is 6.16 Å². The van der Waals surface area contributed by atoms with Gasteiger partial charge < -0.3 is 18.9 Å². The quantitative estimate of drug-likeness (QED) is 0.630. The van der Waals surface area contributed by atoms with Crippen LogP contribution in [0.5, 0.6) is 23.0 Å². The van der Waals surface area contributed by atoms with Gasteiger partial charge in [0.1, 0.15) is 0 Å². The van der Waals surface area contributed by atoms with Crippen molar-refractivity contribution in [1.82, 2.24) is 0 Å². The summed E-state index contributed by atoms with van der Waals surface area (Å²) in [6.07, 6.45) is 0.844. The van der Waals surface area contributed by atoms with E-state index in [1.807, 2.05) is 24.3 Å². The molecule has 0 saturated heterocycles. The highest BCUT2D eigenvalue weighted by atomic mass is 16.7. The molecule has 0 aliphatic carbocycles. The largest absolute Gasteiger partial charge is 0.519 e. The molecule has 0 spiro atoms. The van der Waals surface area contributed by atoms with Gasteiger partial charge in [-0.2, -0.15) is 0 Å². The van der Waals surface area contributed by atoms with Crippen LogP contribution in [0.2, 0.25) is 0 Å². The minimum Gasteiger partial charge on any atom is -0.489 e. The smallest absolute Gasteiger partial charge is 0.489 e. The highest BCUT2D eigenvalue weighted by molar-refractivity contribution is 5.70. The molecule has 0 atom stereocenters. The zero-order valence-corrected chi connectivity index (χ0v) is 11.8. The van der Waals surface area contributed by atoms with Crippen LogP contribution in [0.4, 0.5) is 4.79 Å². The maximum absolute atomic E-state index is 12.0.